The average molecular weight is 349 g/mol. The molecule has 1 aromatic carbocycles. The minimum Gasteiger partial charge on any atom is -0.496 e. The third-order valence-electron chi connectivity index (χ3n) is 4.26. The second-order valence-corrected chi connectivity index (χ2v) is 6.67. The molecule has 24 heavy (non-hydrogen) atoms. The molecule has 0 atom stereocenters. The number of likely N-dealkylation sites (tertiary alicyclic amines) is 1. The number of aromatic nitrogens is 1. The molecule has 0 aliphatic carbocycles. The van der Waals surface area contributed by atoms with Crippen LogP contribution in [0.1, 0.15) is 29.3 Å². The normalized spacial score (nSPS) is 15.3. The van der Waals surface area contributed by atoms with Crippen LogP contribution in [-0.4, -0.2) is 36.1 Å². The first-order valence-electron chi connectivity index (χ1n) is 7.92. The summed E-state index contributed by atoms with van der Waals surface area (Å²) in [5.41, 5.74) is 0.628. The van der Waals surface area contributed by atoms with E-state index in [0.29, 0.717) is 30.3 Å². The maximum Gasteiger partial charge on any atom is 0.317 e. The molecule has 1 aliphatic rings. The number of hydrogen-bond donors (Lipinski definition) is 1. The number of urea groups is 1. The Morgan fingerprint density at radius 2 is 2.25 bits per heavy atom. The van der Waals surface area contributed by atoms with Gasteiger partial charge in [-0.25, -0.2) is 14.2 Å². The third kappa shape index (κ3) is 3.84. The van der Waals surface area contributed by atoms with Crippen LogP contribution in [0.2, 0.25) is 0 Å². The lowest BCUT2D eigenvalue weighted by Gasteiger charge is -2.31. The highest BCUT2D eigenvalue weighted by Gasteiger charge is 2.25. The van der Waals surface area contributed by atoms with Gasteiger partial charge in [0.1, 0.15) is 11.6 Å². The van der Waals surface area contributed by atoms with Crippen molar-refractivity contribution < 1.29 is 13.9 Å². The zero-order valence-electron chi connectivity index (χ0n) is 13.5. The number of methoxy groups -OCH3 is 1. The summed E-state index contributed by atoms with van der Waals surface area (Å²) in [4.78, 5) is 18.5. The highest BCUT2D eigenvalue weighted by molar-refractivity contribution is 7.09. The fraction of sp³-hybridized carbons (Fsp3) is 0.412. The van der Waals surface area contributed by atoms with E-state index >= 15 is 0 Å². The number of hydrogen-bond acceptors (Lipinski definition) is 4. The fourth-order valence-electron chi connectivity index (χ4n) is 2.93. The predicted octanol–water partition coefficient (Wildman–Crippen LogP) is 3.38. The first-order valence-corrected chi connectivity index (χ1v) is 8.80. The fourth-order valence-corrected chi connectivity index (χ4v) is 3.74. The van der Waals surface area contributed by atoms with Crippen molar-refractivity contribution >= 4 is 17.4 Å². The van der Waals surface area contributed by atoms with Crippen molar-refractivity contribution in [2.75, 3.05) is 20.2 Å². The number of thiazole rings is 1. The van der Waals surface area contributed by atoms with E-state index in [2.05, 4.69) is 10.3 Å². The summed E-state index contributed by atoms with van der Waals surface area (Å²) in [6.45, 7) is 1.65. The van der Waals surface area contributed by atoms with Crippen molar-refractivity contribution in [2.45, 2.75) is 25.3 Å². The second-order valence-electron chi connectivity index (χ2n) is 5.75. The maximum absolute atomic E-state index is 13.4. The maximum atomic E-state index is 13.4. The molecule has 0 bridgehead atoms. The second kappa shape index (κ2) is 7.61. The minimum absolute atomic E-state index is 0.126. The molecule has 2 amide bonds. The molecule has 0 unspecified atom stereocenters. The minimum atomic E-state index is -0.343. The highest BCUT2D eigenvalue weighted by atomic mass is 32.1. The monoisotopic (exact) mass is 349 g/mol. The van der Waals surface area contributed by atoms with Crippen molar-refractivity contribution in [2.24, 2.45) is 0 Å². The van der Waals surface area contributed by atoms with Crippen LogP contribution in [-0.2, 0) is 6.54 Å². The van der Waals surface area contributed by atoms with E-state index in [0.717, 1.165) is 17.8 Å². The van der Waals surface area contributed by atoms with Gasteiger partial charge in [-0.3, -0.25) is 0 Å². The number of benzene rings is 1. The molecule has 1 fully saturated rings. The number of ether oxygens (including phenoxy) is 1. The zero-order valence-corrected chi connectivity index (χ0v) is 14.3. The third-order valence-corrected chi connectivity index (χ3v) is 5.19. The van der Waals surface area contributed by atoms with Crippen LogP contribution in [0.5, 0.6) is 5.75 Å². The molecular weight excluding hydrogens is 329 g/mol. The van der Waals surface area contributed by atoms with Crippen LogP contribution in [0.15, 0.2) is 29.8 Å². The summed E-state index contributed by atoms with van der Waals surface area (Å²) in [6.07, 6.45) is 3.67. The van der Waals surface area contributed by atoms with E-state index in [4.69, 9.17) is 4.74 Å². The Hall–Kier alpha value is -2.15. The van der Waals surface area contributed by atoms with Gasteiger partial charge in [0.15, 0.2) is 0 Å². The summed E-state index contributed by atoms with van der Waals surface area (Å²) < 4.78 is 18.6. The molecule has 1 aromatic heterocycles. The van der Waals surface area contributed by atoms with Crippen molar-refractivity contribution in [3.05, 3.63) is 46.2 Å². The number of carbonyl (C=O) groups excluding carboxylic acids is 1. The Morgan fingerprint density at radius 1 is 1.46 bits per heavy atom. The summed E-state index contributed by atoms with van der Waals surface area (Å²) in [5.74, 6) is 0.667. The zero-order chi connectivity index (χ0) is 16.9. The molecule has 1 N–H and O–H groups in total. The van der Waals surface area contributed by atoms with Gasteiger partial charge in [-0.15, -0.1) is 11.3 Å². The van der Waals surface area contributed by atoms with Crippen LogP contribution < -0.4 is 10.1 Å². The molecule has 0 radical (unpaired) electrons. The largest absolute Gasteiger partial charge is 0.496 e. The summed E-state index contributed by atoms with van der Waals surface area (Å²) in [5, 5.41) is 5.99. The molecule has 128 valence electrons. The summed E-state index contributed by atoms with van der Waals surface area (Å²) in [7, 11) is 1.53. The molecule has 5 nitrogen and oxygen atoms in total. The molecule has 1 saturated heterocycles. The number of carbonyl (C=O) groups is 1. The Labute approximate surface area is 144 Å². The first kappa shape index (κ1) is 16.7. The van der Waals surface area contributed by atoms with Crippen molar-refractivity contribution in [3.63, 3.8) is 0 Å². The van der Waals surface area contributed by atoms with E-state index in [-0.39, 0.29) is 18.4 Å². The number of amides is 2. The van der Waals surface area contributed by atoms with Gasteiger partial charge in [-0.1, -0.05) is 0 Å². The van der Waals surface area contributed by atoms with Gasteiger partial charge in [0.05, 0.1) is 12.1 Å². The van der Waals surface area contributed by atoms with E-state index in [1.807, 2.05) is 11.6 Å². The molecule has 2 aromatic rings. The number of nitrogens with zero attached hydrogens (tertiary/aromatic N) is 2. The molecule has 2 heterocycles. The average Bonchev–Trinajstić information content (AvgIpc) is 3.14. The molecule has 1 aliphatic heterocycles. The Kier molecular flexibility index (Phi) is 5.30. The van der Waals surface area contributed by atoms with E-state index in [1.54, 1.807) is 22.3 Å². The van der Waals surface area contributed by atoms with E-state index in [1.165, 1.54) is 19.2 Å². The van der Waals surface area contributed by atoms with Crippen molar-refractivity contribution in [1.82, 2.24) is 15.2 Å². The van der Waals surface area contributed by atoms with Crippen molar-refractivity contribution in [1.29, 1.82) is 0 Å². The van der Waals surface area contributed by atoms with Crippen LogP contribution in [0, 0.1) is 5.82 Å². The smallest absolute Gasteiger partial charge is 0.317 e. The Balaban J connectivity index is 1.52. The van der Waals surface area contributed by atoms with Crippen LogP contribution >= 0.6 is 11.3 Å². The summed E-state index contributed by atoms with van der Waals surface area (Å²) in [6, 6.07) is 4.16. The van der Waals surface area contributed by atoms with Gasteiger partial charge in [-0.05, 0) is 31.0 Å². The van der Waals surface area contributed by atoms with Crippen LogP contribution in [0.3, 0.4) is 0 Å². The van der Waals surface area contributed by atoms with E-state index in [9.17, 15) is 9.18 Å². The molecule has 0 saturated carbocycles. The Morgan fingerprint density at radius 3 is 2.92 bits per heavy atom. The number of rotatable bonds is 4. The number of piperidine rings is 1. The molecule has 0 spiro atoms. The lowest BCUT2D eigenvalue weighted by Crippen LogP contribution is -2.43. The van der Waals surface area contributed by atoms with Crippen LogP contribution in [0.25, 0.3) is 0 Å². The molecular formula is C17H20FN3O2S. The quantitative estimate of drug-likeness (QED) is 0.921. The van der Waals surface area contributed by atoms with E-state index < -0.39 is 0 Å². The van der Waals surface area contributed by atoms with Gasteiger partial charge < -0.3 is 15.0 Å². The molecule has 7 heteroatoms. The lowest BCUT2D eigenvalue weighted by molar-refractivity contribution is 0.181. The number of nitrogens with one attached hydrogen (secondary N) is 1. The standard InChI is InChI=1S/C17H20FN3O2S/c1-23-15-3-2-14(18)10-13(15)11-20-17(22)21-7-4-12(5-8-21)16-19-6-9-24-16/h2-3,6,9-10,12H,4-5,7-8,11H2,1H3,(H,20,22). The van der Waals surface area contributed by atoms with Gasteiger partial charge in [-0.2, -0.15) is 0 Å². The number of halogens is 1. The molecule has 3 rings (SSSR count). The predicted molar refractivity (Wildman–Crippen MR) is 90.8 cm³/mol. The van der Waals surface area contributed by atoms with Gasteiger partial charge in [0, 0.05) is 42.7 Å². The van der Waals surface area contributed by atoms with Gasteiger partial charge in [0.2, 0.25) is 0 Å². The lowest BCUT2D eigenvalue weighted by atomic mass is 9.98. The topological polar surface area (TPSA) is 54.5 Å². The SMILES string of the molecule is COc1ccc(F)cc1CNC(=O)N1CCC(c2nccs2)CC1. The summed E-state index contributed by atoms with van der Waals surface area (Å²) >= 11 is 1.67. The van der Waals surface area contributed by atoms with Crippen molar-refractivity contribution in [3.8, 4) is 5.75 Å². The van der Waals surface area contributed by atoms with Crippen LogP contribution in [0.4, 0.5) is 9.18 Å². The van der Waals surface area contributed by atoms with Gasteiger partial charge in [0.25, 0.3) is 0 Å². The highest BCUT2D eigenvalue weighted by Crippen LogP contribution is 2.29. The van der Waals surface area contributed by atoms with Gasteiger partial charge >= 0.3 is 6.03 Å². The Bertz CT molecular complexity index is 685. The first-order chi connectivity index (χ1) is 11.7.